The Morgan fingerprint density at radius 2 is 1.64 bits per heavy atom. The number of amides is 1. The summed E-state index contributed by atoms with van der Waals surface area (Å²) in [7, 11) is 3.73. The molecule has 0 atom stereocenters. The van der Waals surface area contributed by atoms with E-state index in [-0.39, 0.29) is 5.91 Å². The normalized spacial score (nSPS) is 10.8. The monoisotopic (exact) mass is 334 g/mol. The molecular formula is C20H22N4O. The van der Waals surface area contributed by atoms with Crippen LogP contribution in [0.3, 0.4) is 0 Å². The van der Waals surface area contributed by atoms with Crippen molar-refractivity contribution in [3.63, 3.8) is 0 Å². The third kappa shape index (κ3) is 4.33. The van der Waals surface area contributed by atoms with Crippen LogP contribution in [0.15, 0.2) is 67.0 Å². The molecule has 2 aromatic carbocycles. The second-order valence-electron chi connectivity index (χ2n) is 6.07. The van der Waals surface area contributed by atoms with Crippen LogP contribution in [-0.2, 0) is 13.1 Å². The largest absolute Gasteiger partial charge is 0.355 e. The van der Waals surface area contributed by atoms with Crippen LogP contribution >= 0.6 is 0 Å². The molecule has 1 amide bonds. The molecule has 0 bridgehead atoms. The number of carbonyl (C=O) groups is 1. The summed E-state index contributed by atoms with van der Waals surface area (Å²) in [6.45, 7) is 1.69. The molecule has 128 valence electrons. The highest BCUT2D eigenvalue weighted by atomic mass is 16.1. The topological polar surface area (TPSA) is 50.2 Å². The van der Waals surface area contributed by atoms with E-state index in [4.69, 9.17) is 0 Å². The van der Waals surface area contributed by atoms with Crippen molar-refractivity contribution in [1.29, 1.82) is 0 Å². The molecule has 3 rings (SSSR count). The minimum Gasteiger partial charge on any atom is -0.355 e. The summed E-state index contributed by atoms with van der Waals surface area (Å²) in [5, 5.41) is 6.87. The van der Waals surface area contributed by atoms with Crippen molar-refractivity contribution in [2.75, 3.05) is 14.1 Å². The van der Waals surface area contributed by atoms with E-state index in [2.05, 4.69) is 46.6 Å². The van der Waals surface area contributed by atoms with Gasteiger partial charge in [-0.25, -0.2) is 4.68 Å². The molecule has 0 aliphatic carbocycles. The zero-order valence-electron chi connectivity index (χ0n) is 14.5. The van der Waals surface area contributed by atoms with Gasteiger partial charge in [0, 0.05) is 38.1 Å². The van der Waals surface area contributed by atoms with Gasteiger partial charge in [-0.1, -0.05) is 24.3 Å². The first kappa shape index (κ1) is 16.9. The standard InChI is InChI=1S/C20H22N4O/c1-21-20(25)18-8-4-16(5-9-18)14-23(2)15-17-6-10-19(11-7-17)24-13-3-12-22-24/h3-13H,14-15H2,1-2H3,(H,21,25). The molecule has 0 radical (unpaired) electrons. The lowest BCUT2D eigenvalue weighted by molar-refractivity contribution is 0.0963. The van der Waals surface area contributed by atoms with Crippen molar-refractivity contribution in [3.8, 4) is 5.69 Å². The molecule has 0 aliphatic heterocycles. The van der Waals surface area contributed by atoms with Crippen LogP contribution in [-0.4, -0.2) is 34.7 Å². The van der Waals surface area contributed by atoms with Gasteiger partial charge in [-0.2, -0.15) is 5.10 Å². The van der Waals surface area contributed by atoms with Crippen LogP contribution in [0.5, 0.6) is 0 Å². The molecule has 5 nitrogen and oxygen atoms in total. The van der Waals surface area contributed by atoms with Gasteiger partial charge in [0.05, 0.1) is 5.69 Å². The van der Waals surface area contributed by atoms with Gasteiger partial charge >= 0.3 is 0 Å². The van der Waals surface area contributed by atoms with Crippen molar-refractivity contribution in [3.05, 3.63) is 83.7 Å². The summed E-state index contributed by atoms with van der Waals surface area (Å²) in [5.74, 6) is -0.0582. The van der Waals surface area contributed by atoms with Gasteiger partial charge in [-0.3, -0.25) is 9.69 Å². The van der Waals surface area contributed by atoms with Gasteiger partial charge < -0.3 is 5.32 Å². The van der Waals surface area contributed by atoms with E-state index in [0.29, 0.717) is 5.56 Å². The maximum atomic E-state index is 11.6. The summed E-state index contributed by atoms with van der Waals surface area (Å²) in [4.78, 5) is 13.8. The van der Waals surface area contributed by atoms with E-state index < -0.39 is 0 Å². The lowest BCUT2D eigenvalue weighted by Crippen LogP contribution is -2.19. The zero-order chi connectivity index (χ0) is 17.6. The van der Waals surface area contributed by atoms with Crippen molar-refractivity contribution in [2.24, 2.45) is 0 Å². The molecule has 0 saturated carbocycles. The smallest absolute Gasteiger partial charge is 0.251 e. The first-order chi connectivity index (χ1) is 12.2. The third-order valence-electron chi connectivity index (χ3n) is 4.05. The lowest BCUT2D eigenvalue weighted by atomic mass is 10.1. The minimum absolute atomic E-state index is 0.0582. The van der Waals surface area contributed by atoms with Gasteiger partial charge in [-0.05, 0) is 48.5 Å². The zero-order valence-corrected chi connectivity index (χ0v) is 14.5. The fraction of sp³-hybridized carbons (Fsp3) is 0.200. The first-order valence-electron chi connectivity index (χ1n) is 8.24. The number of carbonyl (C=O) groups excluding carboxylic acids is 1. The van der Waals surface area contributed by atoms with E-state index in [1.807, 2.05) is 41.2 Å². The van der Waals surface area contributed by atoms with Crippen LogP contribution in [0.4, 0.5) is 0 Å². The average molecular weight is 334 g/mol. The van der Waals surface area contributed by atoms with Crippen LogP contribution in [0.2, 0.25) is 0 Å². The van der Waals surface area contributed by atoms with Gasteiger partial charge in [0.1, 0.15) is 0 Å². The van der Waals surface area contributed by atoms with Crippen LogP contribution < -0.4 is 5.32 Å². The number of rotatable bonds is 6. The van der Waals surface area contributed by atoms with E-state index in [0.717, 1.165) is 18.8 Å². The molecule has 5 heteroatoms. The predicted molar refractivity (Wildman–Crippen MR) is 98.6 cm³/mol. The molecule has 25 heavy (non-hydrogen) atoms. The molecule has 3 aromatic rings. The Kier molecular flexibility index (Phi) is 5.26. The number of nitrogens with one attached hydrogen (secondary N) is 1. The Morgan fingerprint density at radius 3 is 2.16 bits per heavy atom. The predicted octanol–water partition coefficient (Wildman–Crippen LogP) is 2.86. The SMILES string of the molecule is CNC(=O)c1ccc(CN(C)Cc2ccc(-n3cccn3)cc2)cc1. The summed E-state index contributed by atoms with van der Waals surface area (Å²) in [6.07, 6.45) is 3.71. The fourth-order valence-corrected chi connectivity index (χ4v) is 2.76. The Bertz CT molecular complexity index is 808. The molecule has 0 unspecified atom stereocenters. The highest BCUT2D eigenvalue weighted by molar-refractivity contribution is 5.93. The minimum atomic E-state index is -0.0582. The third-order valence-corrected chi connectivity index (χ3v) is 4.05. The Morgan fingerprint density at radius 1 is 1.04 bits per heavy atom. The number of nitrogens with zero attached hydrogens (tertiary/aromatic N) is 3. The Labute approximate surface area is 147 Å². The summed E-state index contributed by atoms with van der Waals surface area (Å²) < 4.78 is 1.85. The number of hydrogen-bond acceptors (Lipinski definition) is 3. The quantitative estimate of drug-likeness (QED) is 0.754. The number of benzene rings is 2. The molecule has 1 aromatic heterocycles. The lowest BCUT2D eigenvalue weighted by Gasteiger charge is -2.17. The summed E-state index contributed by atoms with van der Waals surface area (Å²) in [6, 6.07) is 18.1. The highest BCUT2D eigenvalue weighted by Crippen LogP contribution is 2.12. The maximum absolute atomic E-state index is 11.6. The molecule has 1 N–H and O–H groups in total. The summed E-state index contributed by atoms with van der Waals surface area (Å²) >= 11 is 0. The number of hydrogen-bond donors (Lipinski definition) is 1. The van der Waals surface area contributed by atoms with Crippen LogP contribution in [0.25, 0.3) is 5.69 Å². The van der Waals surface area contributed by atoms with E-state index in [1.165, 1.54) is 11.1 Å². The van der Waals surface area contributed by atoms with Crippen molar-refractivity contribution in [2.45, 2.75) is 13.1 Å². The van der Waals surface area contributed by atoms with E-state index in [9.17, 15) is 4.79 Å². The second-order valence-corrected chi connectivity index (χ2v) is 6.07. The van der Waals surface area contributed by atoms with Crippen molar-refractivity contribution < 1.29 is 4.79 Å². The summed E-state index contributed by atoms with van der Waals surface area (Å²) in [5.41, 5.74) is 4.17. The van der Waals surface area contributed by atoms with E-state index >= 15 is 0 Å². The molecule has 0 aliphatic rings. The van der Waals surface area contributed by atoms with Crippen LogP contribution in [0, 0.1) is 0 Å². The molecule has 0 spiro atoms. The van der Waals surface area contributed by atoms with Gasteiger partial charge in [0.2, 0.25) is 0 Å². The number of aromatic nitrogens is 2. The Hall–Kier alpha value is -2.92. The highest BCUT2D eigenvalue weighted by Gasteiger charge is 2.05. The first-order valence-corrected chi connectivity index (χ1v) is 8.24. The van der Waals surface area contributed by atoms with Crippen molar-refractivity contribution >= 4 is 5.91 Å². The molecule has 1 heterocycles. The molecular weight excluding hydrogens is 312 g/mol. The van der Waals surface area contributed by atoms with E-state index in [1.54, 1.807) is 13.2 Å². The van der Waals surface area contributed by atoms with Gasteiger partial charge in [-0.15, -0.1) is 0 Å². The van der Waals surface area contributed by atoms with Crippen LogP contribution in [0.1, 0.15) is 21.5 Å². The van der Waals surface area contributed by atoms with Gasteiger partial charge in [0.25, 0.3) is 5.91 Å². The maximum Gasteiger partial charge on any atom is 0.251 e. The van der Waals surface area contributed by atoms with Crippen molar-refractivity contribution in [1.82, 2.24) is 20.0 Å². The van der Waals surface area contributed by atoms with Gasteiger partial charge in [0.15, 0.2) is 0 Å². The average Bonchev–Trinajstić information content (AvgIpc) is 3.17. The Balaban J connectivity index is 1.58. The second kappa shape index (κ2) is 7.77. The molecule has 0 fully saturated rings. The molecule has 0 saturated heterocycles. The fourth-order valence-electron chi connectivity index (χ4n) is 2.76.